The lowest BCUT2D eigenvalue weighted by Gasteiger charge is -2.27. The Kier molecular flexibility index (Phi) is 1.59. The summed E-state index contributed by atoms with van der Waals surface area (Å²) in [5, 5.41) is 7.98. The lowest BCUT2D eigenvalue weighted by molar-refractivity contribution is -0.127. The minimum absolute atomic E-state index is 0.871. The number of amides is 5. The lowest BCUT2D eigenvalue weighted by Crippen LogP contribution is -2.77. The fraction of sp³-hybridized carbons (Fsp3) is 0.286. The van der Waals surface area contributed by atoms with Crippen LogP contribution in [0.3, 0.4) is 0 Å². The zero-order chi connectivity index (χ0) is 12.0. The number of hydrogen-bond donors (Lipinski definition) is 4. The molecule has 2 saturated heterocycles. The molecule has 2 atom stereocenters. The summed E-state index contributed by atoms with van der Waals surface area (Å²) in [4.78, 5) is 39.7. The van der Waals surface area contributed by atoms with Gasteiger partial charge in [0.2, 0.25) is 0 Å². The summed E-state index contributed by atoms with van der Waals surface area (Å²) in [7, 11) is 0. The standard InChI is InChI=1S/C7H4N6O3/c1-8-6-3(14)10-4(15)12-7(6,9-2)13-5(16)11-6/h(H2,11,13,16)(H2,10,12,14,15). The maximum absolute atomic E-state index is 11.6. The SMILES string of the molecule is [C-]#[N+]C12NC(=O)NC(=O)C1([N+]#[C-])NC(=O)N2. The maximum Gasteiger partial charge on any atom is 0.508 e. The van der Waals surface area contributed by atoms with Crippen molar-refractivity contribution in [2.75, 3.05) is 0 Å². The molecule has 0 spiro atoms. The second-order valence-corrected chi connectivity index (χ2v) is 3.13. The van der Waals surface area contributed by atoms with Crippen LogP contribution in [0.2, 0.25) is 0 Å². The molecule has 9 heteroatoms. The van der Waals surface area contributed by atoms with Crippen LogP contribution < -0.4 is 21.3 Å². The largest absolute Gasteiger partial charge is 0.508 e. The van der Waals surface area contributed by atoms with Crippen LogP contribution in [-0.4, -0.2) is 29.4 Å². The second kappa shape index (κ2) is 2.61. The van der Waals surface area contributed by atoms with E-state index in [1.54, 1.807) is 0 Å². The molecule has 5 amide bonds. The number of urea groups is 2. The van der Waals surface area contributed by atoms with Crippen LogP contribution in [0.15, 0.2) is 0 Å². The molecule has 0 aromatic carbocycles. The Balaban J connectivity index is 2.64. The number of hydrogen-bond acceptors (Lipinski definition) is 3. The molecule has 0 saturated carbocycles. The fourth-order valence-corrected chi connectivity index (χ4v) is 1.57. The predicted molar refractivity (Wildman–Crippen MR) is 47.0 cm³/mol. The van der Waals surface area contributed by atoms with Gasteiger partial charge in [-0.2, -0.15) is 0 Å². The van der Waals surface area contributed by atoms with Crippen molar-refractivity contribution in [2.45, 2.75) is 11.4 Å². The van der Waals surface area contributed by atoms with Gasteiger partial charge in [0.1, 0.15) is 0 Å². The molecule has 2 aliphatic rings. The number of fused-ring (bicyclic) bond motifs is 1. The van der Waals surface area contributed by atoms with Gasteiger partial charge in [-0.3, -0.25) is 19.8 Å². The van der Waals surface area contributed by atoms with Gasteiger partial charge in [-0.25, -0.2) is 38.7 Å². The average Bonchev–Trinajstić information content (AvgIpc) is 2.52. The summed E-state index contributed by atoms with van der Waals surface area (Å²) in [6.45, 7) is 13.9. The molecule has 0 aromatic heterocycles. The first kappa shape index (κ1) is 9.73. The van der Waals surface area contributed by atoms with Crippen LogP contribution in [0, 0.1) is 13.1 Å². The monoisotopic (exact) mass is 220 g/mol. The summed E-state index contributed by atoms with van der Waals surface area (Å²) in [5.41, 5.74) is -2.17. The van der Waals surface area contributed by atoms with Crippen molar-refractivity contribution in [2.24, 2.45) is 0 Å². The Morgan fingerprint density at radius 2 is 1.56 bits per heavy atom. The molecule has 2 rings (SSSR count). The molecule has 2 heterocycles. The quantitative estimate of drug-likeness (QED) is 0.366. The van der Waals surface area contributed by atoms with Crippen LogP contribution >= 0.6 is 0 Å². The first-order valence-corrected chi connectivity index (χ1v) is 4.01. The van der Waals surface area contributed by atoms with Crippen molar-refractivity contribution < 1.29 is 14.4 Å². The van der Waals surface area contributed by atoms with E-state index >= 15 is 0 Å². The highest BCUT2D eigenvalue weighted by Crippen LogP contribution is 2.30. The van der Waals surface area contributed by atoms with E-state index in [2.05, 4.69) is 20.3 Å². The van der Waals surface area contributed by atoms with E-state index in [0.29, 0.717) is 0 Å². The van der Waals surface area contributed by atoms with Crippen molar-refractivity contribution >= 4 is 18.0 Å². The van der Waals surface area contributed by atoms with E-state index in [4.69, 9.17) is 13.1 Å². The average molecular weight is 220 g/mol. The molecule has 0 aromatic rings. The van der Waals surface area contributed by atoms with Gasteiger partial charge in [0.15, 0.2) is 0 Å². The Hall–Kier alpha value is -2.81. The second-order valence-electron chi connectivity index (χ2n) is 3.13. The van der Waals surface area contributed by atoms with Gasteiger partial charge in [-0.1, -0.05) is 0 Å². The van der Waals surface area contributed by atoms with Crippen molar-refractivity contribution in [3.8, 4) is 0 Å². The van der Waals surface area contributed by atoms with E-state index in [1.165, 1.54) is 0 Å². The fourth-order valence-electron chi connectivity index (χ4n) is 1.57. The van der Waals surface area contributed by atoms with E-state index < -0.39 is 29.4 Å². The molecule has 0 bridgehead atoms. The first-order chi connectivity index (χ1) is 7.49. The number of rotatable bonds is 0. The predicted octanol–water partition coefficient (Wildman–Crippen LogP) is -1.67. The van der Waals surface area contributed by atoms with E-state index in [1.807, 2.05) is 10.6 Å². The van der Waals surface area contributed by atoms with Crippen molar-refractivity contribution in [1.29, 1.82) is 0 Å². The van der Waals surface area contributed by atoms with Gasteiger partial charge in [0.05, 0.1) is 0 Å². The minimum atomic E-state index is -2.17. The van der Waals surface area contributed by atoms with Crippen LogP contribution in [0.4, 0.5) is 9.59 Å². The number of imide groups is 1. The summed E-state index contributed by atoms with van der Waals surface area (Å²) < 4.78 is 0. The molecule has 4 N–H and O–H groups in total. The first-order valence-electron chi connectivity index (χ1n) is 4.01. The summed E-state index contributed by atoms with van der Waals surface area (Å²) >= 11 is 0. The Labute approximate surface area is 88.8 Å². The molecule has 80 valence electrons. The van der Waals surface area contributed by atoms with Gasteiger partial charge in [-0.05, 0) is 0 Å². The van der Waals surface area contributed by atoms with Gasteiger partial charge in [0.25, 0.3) is 0 Å². The molecule has 2 aliphatic heterocycles. The maximum atomic E-state index is 11.6. The zero-order valence-corrected chi connectivity index (χ0v) is 7.62. The van der Waals surface area contributed by atoms with Gasteiger partial charge >= 0.3 is 29.4 Å². The van der Waals surface area contributed by atoms with Gasteiger partial charge in [0, 0.05) is 0 Å². The highest BCUT2D eigenvalue weighted by Gasteiger charge is 2.81. The molecular formula is C7H4N6O3. The zero-order valence-electron chi connectivity index (χ0n) is 7.62. The van der Waals surface area contributed by atoms with Crippen LogP contribution in [0.25, 0.3) is 9.69 Å². The lowest BCUT2D eigenvalue weighted by atomic mass is 10.0. The Morgan fingerprint density at radius 3 is 2.12 bits per heavy atom. The van der Waals surface area contributed by atoms with Gasteiger partial charge in [-0.15, -0.1) is 0 Å². The van der Waals surface area contributed by atoms with Crippen molar-refractivity contribution in [3.05, 3.63) is 22.8 Å². The number of nitrogens with zero attached hydrogens (tertiary/aromatic N) is 2. The van der Waals surface area contributed by atoms with E-state index in [9.17, 15) is 14.4 Å². The molecule has 2 unspecified atom stereocenters. The highest BCUT2D eigenvalue weighted by atomic mass is 16.2. The van der Waals surface area contributed by atoms with E-state index in [0.717, 1.165) is 0 Å². The molecule has 0 aliphatic carbocycles. The smallest absolute Gasteiger partial charge is 0.268 e. The van der Waals surface area contributed by atoms with Crippen molar-refractivity contribution in [3.63, 3.8) is 0 Å². The number of carbonyl (C=O) groups is 3. The normalized spacial score (nSPS) is 35.8. The Morgan fingerprint density at radius 1 is 0.938 bits per heavy atom. The van der Waals surface area contributed by atoms with Gasteiger partial charge < -0.3 is 0 Å². The summed E-state index contributed by atoms with van der Waals surface area (Å²) in [5.74, 6) is -3.13. The molecule has 2 fully saturated rings. The molecule has 0 radical (unpaired) electrons. The topological polar surface area (TPSA) is 108 Å². The van der Waals surface area contributed by atoms with Crippen LogP contribution in [0.1, 0.15) is 0 Å². The highest BCUT2D eigenvalue weighted by molar-refractivity contribution is 6.08. The van der Waals surface area contributed by atoms with E-state index in [-0.39, 0.29) is 0 Å². The third-order valence-corrected chi connectivity index (χ3v) is 2.30. The molecular weight excluding hydrogens is 216 g/mol. The number of nitrogens with one attached hydrogen (secondary N) is 4. The van der Waals surface area contributed by atoms with Crippen molar-refractivity contribution in [1.82, 2.24) is 21.3 Å². The summed E-state index contributed by atoms with van der Waals surface area (Å²) in [6, 6.07) is -1.81. The van der Waals surface area contributed by atoms with Crippen LogP contribution in [-0.2, 0) is 4.79 Å². The third kappa shape index (κ3) is 0.840. The summed E-state index contributed by atoms with van der Waals surface area (Å²) in [6.07, 6.45) is 0. The van der Waals surface area contributed by atoms with Crippen LogP contribution in [0.5, 0.6) is 0 Å². The molecule has 9 nitrogen and oxygen atoms in total. The Bertz CT molecular complexity index is 501. The number of carbonyl (C=O) groups excluding carboxylic acids is 3. The molecule has 16 heavy (non-hydrogen) atoms. The third-order valence-electron chi connectivity index (χ3n) is 2.30. The minimum Gasteiger partial charge on any atom is -0.268 e.